The minimum Gasteiger partial charge on any atom is -0.314 e. The van der Waals surface area contributed by atoms with Gasteiger partial charge >= 0.3 is 0 Å². The molecule has 2 aliphatic rings. The molecule has 1 saturated carbocycles. The Morgan fingerprint density at radius 3 is 2.65 bits per heavy atom. The lowest BCUT2D eigenvalue weighted by molar-refractivity contribution is 0.0476. The van der Waals surface area contributed by atoms with E-state index in [1.54, 1.807) is 0 Å². The van der Waals surface area contributed by atoms with Gasteiger partial charge in [0, 0.05) is 32.2 Å². The second kappa shape index (κ2) is 6.75. The van der Waals surface area contributed by atoms with E-state index in [0.717, 1.165) is 17.9 Å². The highest BCUT2D eigenvalue weighted by Crippen LogP contribution is 2.35. The van der Waals surface area contributed by atoms with Gasteiger partial charge in [0.15, 0.2) is 0 Å². The van der Waals surface area contributed by atoms with Crippen LogP contribution in [0.4, 0.5) is 0 Å². The van der Waals surface area contributed by atoms with Gasteiger partial charge in [0.05, 0.1) is 0 Å². The minimum atomic E-state index is 0.886. The zero-order valence-electron chi connectivity index (χ0n) is 11.8. The number of hydrogen-bond donors (Lipinski definition) is 1. The molecule has 0 aromatic heterocycles. The Bertz CT molecular complexity index is 211. The highest BCUT2D eigenvalue weighted by molar-refractivity contribution is 4.89. The summed E-state index contributed by atoms with van der Waals surface area (Å²) < 4.78 is 0. The predicted octanol–water partition coefficient (Wildman–Crippen LogP) is 2.89. The molecule has 0 bridgehead atoms. The van der Waals surface area contributed by atoms with Gasteiger partial charge in [0.2, 0.25) is 0 Å². The van der Waals surface area contributed by atoms with Crippen molar-refractivity contribution in [3.63, 3.8) is 0 Å². The van der Waals surface area contributed by atoms with E-state index in [4.69, 9.17) is 0 Å². The summed E-state index contributed by atoms with van der Waals surface area (Å²) >= 11 is 0. The Kier molecular flexibility index (Phi) is 5.30. The molecule has 0 radical (unpaired) electrons. The molecule has 1 saturated heterocycles. The first-order valence-electron chi connectivity index (χ1n) is 7.77. The van der Waals surface area contributed by atoms with E-state index in [1.165, 1.54) is 64.7 Å². The molecule has 1 N–H and O–H groups in total. The summed E-state index contributed by atoms with van der Waals surface area (Å²) in [6, 6.07) is 0.886. The zero-order chi connectivity index (χ0) is 12.1. The topological polar surface area (TPSA) is 15.3 Å². The number of piperazine rings is 1. The van der Waals surface area contributed by atoms with Crippen molar-refractivity contribution in [1.82, 2.24) is 10.2 Å². The largest absolute Gasteiger partial charge is 0.314 e. The third-order valence-electron chi connectivity index (χ3n) is 4.80. The lowest BCUT2D eigenvalue weighted by Crippen LogP contribution is -2.54. The second-order valence-electron chi connectivity index (χ2n) is 6.09. The summed E-state index contributed by atoms with van der Waals surface area (Å²) in [7, 11) is 0. The van der Waals surface area contributed by atoms with Gasteiger partial charge in [0.1, 0.15) is 0 Å². The van der Waals surface area contributed by atoms with Crippen molar-refractivity contribution in [3.8, 4) is 0 Å². The van der Waals surface area contributed by atoms with Crippen molar-refractivity contribution in [3.05, 3.63) is 0 Å². The first kappa shape index (κ1) is 13.4. The van der Waals surface area contributed by atoms with Crippen LogP contribution in [-0.2, 0) is 0 Å². The molecule has 3 unspecified atom stereocenters. The van der Waals surface area contributed by atoms with Gasteiger partial charge in [-0.3, -0.25) is 4.90 Å². The summed E-state index contributed by atoms with van der Waals surface area (Å²) in [6.07, 6.45) is 8.67. The van der Waals surface area contributed by atoms with Crippen molar-refractivity contribution >= 4 is 0 Å². The van der Waals surface area contributed by atoms with Crippen LogP contribution in [0.1, 0.15) is 52.4 Å². The number of rotatable bonds is 4. The molecule has 100 valence electrons. The molecule has 17 heavy (non-hydrogen) atoms. The number of hydrogen-bond acceptors (Lipinski definition) is 2. The summed E-state index contributed by atoms with van der Waals surface area (Å²) in [5.74, 6) is 1.90. The molecule has 2 nitrogen and oxygen atoms in total. The van der Waals surface area contributed by atoms with E-state index in [1.807, 2.05) is 0 Å². The Morgan fingerprint density at radius 2 is 1.94 bits per heavy atom. The first-order chi connectivity index (χ1) is 8.33. The zero-order valence-corrected chi connectivity index (χ0v) is 11.8. The quantitative estimate of drug-likeness (QED) is 0.810. The fourth-order valence-corrected chi connectivity index (χ4v) is 3.93. The average Bonchev–Trinajstić information content (AvgIpc) is 2.37. The van der Waals surface area contributed by atoms with E-state index in [9.17, 15) is 0 Å². The van der Waals surface area contributed by atoms with Crippen molar-refractivity contribution in [1.29, 1.82) is 0 Å². The van der Waals surface area contributed by atoms with E-state index >= 15 is 0 Å². The van der Waals surface area contributed by atoms with Crippen molar-refractivity contribution in [2.24, 2.45) is 11.8 Å². The number of nitrogens with zero attached hydrogens (tertiary/aromatic N) is 1. The summed E-state index contributed by atoms with van der Waals surface area (Å²) in [6.45, 7) is 9.76. The van der Waals surface area contributed by atoms with Crippen LogP contribution in [0.25, 0.3) is 0 Å². The molecule has 2 fully saturated rings. The molecule has 1 aliphatic carbocycles. The average molecular weight is 238 g/mol. The molecular weight excluding hydrogens is 208 g/mol. The van der Waals surface area contributed by atoms with Crippen LogP contribution in [0, 0.1) is 11.8 Å². The van der Waals surface area contributed by atoms with Crippen LogP contribution < -0.4 is 5.32 Å². The van der Waals surface area contributed by atoms with Crippen LogP contribution in [-0.4, -0.2) is 37.1 Å². The molecule has 1 aliphatic heterocycles. The lowest BCUT2D eigenvalue weighted by Gasteiger charge is -2.45. The molecule has 0 spiro atoms. The maximum Gasteiger partial charge on any atom is 0.0150 e. The van der Waals surface area contributed by atoms with Gasteiger partial charge < -0.3 is 5.32 Å². The summed E-state index contributed by atoms with van der Waals surface area (Å²) in [5.41, 5.74) is 0. The summed E-state index contributed by atoms with van der Waals surface area (Å²) in [4.78, 5) is 2.79. The molecular formula is C15H30N2. The molecule has 0 aromatic carbocycles. The molecule has 0 amide bonds. The Balaban J connectivity index is 1.96. The van der Waals surface area contributed by atoms with E-state index < -0.39 is 0 Å². The van der Waals surface area contributed by atoms with Crippen LogP contribution >= 0.6 is 0 Å². The Hall–Kier alpha value is -0.0800. The van der Waals surface area contributed by atoms with Crippen LogP contribution in [0.2, 0.25) is 0 Å². The van der Waals surface area contributed by atoms with Crippen molar-refractivity contribution < 1.29 is 0 Å². The van der Waals surface area contributed by atoms with E-state index in [2.05, 4.69) is 24.1 Å². The third-order valence-corrected chi connectivity index (χ3v) is 4.80. The van der Waals surface area contributed by atoms with Crippen LogP contribution in [0.15, 0.2) is 0 Å². The smallest absolute Gasteiger partial charge is 0.0150 e. The molecule has 2 heteroatoms. The number of unbranched alkanes of at least 4 members (excludes halogenated alkanes) is 1. The summed E-state index contributed by atoms with van der Waals surface area (Å²) in [5, 5.41) is 3.48. The highest BCUT2D eigenvalue weighted by Gasteiger charge is 2.34. The molecule has 3 atom stereocenters. The SMILES string of the molecule is CCCCC1CCCC(C)C1N1CCNCC1. The maximum absolute atomic E-state index is 3.48. The molecule has 2 rings (SSSR count). The molecule has 1 heterocycles. The fourth-order valence-electron chi connectivity index (χ4n) is 3.93. The standard InChI is InChI=1S/C15H30N2/c1-3-4-7-14-8-5-6-13(2)15(14)17-11-9-16-10-12-17/h13-16H,3-12H2,1-2H3. The Labute approximate surface area is 107 Å². The minimum absolute atomic E-state index is 0.886. The van der Waals surface area contributed by atoms with Crippen molar-refractivity contribution in [2.45, 2.75) is 58.4 Å². The van der Waals surface area contributed by atoms with Gasteiger partial charge in [-0.1, -0.05) is 33.1 Å². The van der Waals surface area contributed by atoms with E-state index in [-0.39, 0.29) is 0 Å². The monoisotopic (exact) mass is 238 g/mol. The van der Waals surface area contributed by atoms with Gasteiger partial charge in [-0.2, -0.15) is 0 Å². The van der Waals surface area contributed by atoms with Gasteiger partial charge in [-0.15, -0.1) is 0 Å². The van der Waals surface area contributed by atoms with Crippen LogP contribution in [0.3, 0.4) is 0 Å². The van der Waals surface area contributed by atoms with Gasteiger partial charge in [-0.05, 0) is 31.1 Å². The highest BCUT2D eigenvalue weighted by atomic mass is 15.2. The van der Waals surface area contributed by atoms with Gasteiger partial charge in [0.25, 0.3) is 0 Å². The fraction of sp³-hybridized carbons (Fsp3) is 1.00. The number of nitrogens with one attached hydrogen (secondary N) is 1. The molecule has 0 aromatic rings. The maximum atomic E-state index is 3.48. The Morgan fingerprint density at radius 1 is 1.18 bits per heavy atom. The van der Waals surface area contributed by atoms with Crippen molar-refractivity contribution in [2.75, 3.05) is 26.2 Å². The predicted molar refractivity (Wildman–Crippen MR) is 74.3 cm³/mol. The lowest BCUT2D eigenvalue weighted by atomic mass is 9.74. The van der Waals surface area contributed by atoms with Crippen LogP contribution in [0.5, 0.6) is 0 Å². The normalized spacial score (nSPS) is 36.0. The first-order valence-corrected chi connectivity index (χ1v) is 7.77. The third kappa shape index (κ3) is 3.45. The second-order valence-corrected chi connectivity index (χ2v) is 6.09. The van der Waals surface area contributed by atoms with Gasteiger partial charge in [-0.25, -0.2) is 0 Å². The van der Waals surface area contributed by atoms with E-state index in [0.29, 0.717) is 0 Å².